The number of hydrogen-bond donors (Lipinski definition) is 1. The number of hydrogen-bond acceptors (Lipinski definition) is 5. The third kappa shape index (κ3) is 6.90. The lowest BCUT2D eigenvalue weighted by Crippen LogP contribution is -2.51. The fourth-order valence-electron chi connectivity index (χ4n) is 5.42. The second kappa shape index (κ2) is 13.3. The molecule has 224 valence electrons. The Hall–Kier alpha value is -3.98. The van der Waals surface area contributed by atoms with E-state index >= 15 is 0 Å². The molecule has 8 nitrogen and oxygen atoms in total. The number of amides is 3. The monoisotopic (exact) mass is 576 g/mol. The lowest BCUT2D eigenvalue weighted by molar-refractivity contribution is -0.139. The maximum absolute atomic E-state index is 14.3. The Kier molecular flexibility index (Phi) is 9.83. The minimum Gasteiger partial charge on any atom is -0.463 e. The summed E-state index contributed by atoms with van der Waals surface area (Å²) in [6, 6.07) is 12.9. The molecule has 2 aliphatic rings. The molecule has 0 aliphatic carbocycles. The van der Waals surface area contributed by atoms with Gasteiger partial charge in [-0.1, -0.05) is 63.2 Å². The average molecular weight is 577 g/mol. The summed E-state index contributed by atoms with van der Waals surface area (Å²) in [7, 11) is 0. The van der Waals surface area contributed by atoms with Crippen molar-refractivity contribution >= 4 is 17.9 Å². The minimum atomic E-state index is -0.687. The highest BCUT2D eigenvalue weighted by Gasteiger charge is 2.39. The van der Waals surface area contributed by atoms with E-state index in [1.165, 1.54) is 17.0 Å². The Balaban J connectivity index is 1.66. The van der Waals surface area contributed by atoms with Crippen LogP contribution in [-0.2, 0) is 14.9 Å². The predicted molar refractivity (Wildman–Crippen MR) is 160 cm³/mol. The number of urea groups is 1. The maximum Gasteiger partial charge on any atom is 0.338 e. The number of rotatable bonds is 8. The molecule has 0 bridgehead atoms. The van der Waals surface area contributed by atoms with Crippen LogP contribution in [0, 0.1) is 5.82 Å². The lowest BCUT2D eigenvalue weighted by Gasteiger charge is -2.38. The quantitative estimate of drug-likeness (QED) is 0.352. The molecule has 42 heavy (non-hydrogen) atoms. The molecule has 1 unspecified atom stereocenters. The zero-order valence-corrected chi connectivity index (χ0v) is 25.0. The highest BCUT2D eigenvalue weighted by atomic mass is 19.1. The minimum absolute atomic E-state index is 0.0472. The number of carbonyl (C=O) groups is 3. The van der Waals surface area contributed by atoms with Gasteiger partial charge in [0.2, 0.25) is 0 Å². The van der Waals surface area contributed by atoms with E-state index in [4.69, 9.17) is 4.74 Å². The van der Waals surface area contributed by atoms with Gasteiger partial charge >= 0.3 is 12.0 Å². The lowest BCUT2D eigenvalue weighted by atomic mass is 9.85. The van der Waals surface area contributed by atoms with E-state index in [-0.39, 0.29) is 36.1 Å². The largest absolute Gasteiger partial charge is 0.463 e. The fraction of sp³-hybridized carbons (Fsp3) is 0.424. The summed E-state index contributed by atoms with van der Waals surface area (Å²) < 4.78 is 19.8. The number of carbonyl (C=O) groups excluding carboxylic acids is 3. The van der Waals surface area contributed by atoms with E-state index in [0.717, 1.165) is 11.1 Å². The molecule has 2 heterocycles. The van der Waals surface area contributed by atoms with E-state index in [1.54, 1.807) is 30.0 Å². The first-order valence-corrected chi connectivity index (χ1v) is 14.5. The van der Waals surface area contributed by atoms with Gasteiger partial charge < -0.3 is 15.0 Å². The second-order valence-corrected chi connectivity index (χ2v) is 11.6. The van der Waals surface area contributed by atoms with Crippen molar-refractivity contribution in [3.8, 4) is 0 Å². The van der Waals surface area contributed by atoms with E-state index < -0.39 is 17.8 Å². The summed E-state index contributed by atoms with van der Waals surface area (Å²) >= 11 is 0. The van der Waals surface area contributed by atoms with Gasteiger partial charge in [0.15, 0.2) is 0 Å². The molecule has 0 aromatic heterocycles. The van der Waals surface area contributed by atoms with E-state index in [9.17, 15) is 18.8 Å². The molecule has 1 fully saturated rings. The number of esters is 1. The summed E-state index contributed by atoms with van der Waals surface area (Å²) in [5, 5.41) is 3.01. The molecule has 0 radical (unpaired) electrons. The highest BCUT2D eigenvalue weighted by Crippen LogP contribution is 2.33. The van der Waals surface area contributed by atoms with Crippen LogP contribution in [0.5, 0.6) is 0 Å². The normalized spacial score (nSPS) is 18.4. The molecule has 4 rings (SSSR count). The summed E-state index contributed by atoms with van der Waals surface area (Å²) in [5.41, 5.74) is 2.87. The standard InChI is InChI=1S/C33H41FN4O4/c1-6-17-38-27(22-36-18-10-19-37(21-20-36)30(39)25-11-8-9-12-26(25)34)28(31(40)42-7-2)29(35-32(38)41)23-13-15-24(16-14-23)33(3,4)5/h6,8-9,11-16,29H,1,7,10,17-22H2,2-5H3,(H,35,41). The van der Waals surface area contributed by atoms with Crippen LogP contribution in [0.3, 0.4) is 0 Å². The Bertz CT molecular complexity index is 1350. The summed E-state index contributed by atoms with van der Waals surface area (Å²) in [6.07, 6.45) is 2.28. The van der Waals surface area contributed by atoms with Crippen molar-refractivity contribution in [3.63, 3.8) is 0 Å². The zero-order valence-electron chi connectivity index (χ0n) is 25.0. The molecule has 9 heteroatoms. The van der Waals surface area contributed by atoms with Gasteiger partial charge in [-0.25, -0.2) is 14.0 Å². The molecule has 2 aliphatic heterocycles. The van der Waals surface area contributed by atoms with Crippen molar-refractivity contribution in [2.75, 3.05) is 45.9 Å². The van der Waals surface area contributed by atoms with E-state index in [0.29, 0.717) is 50.4 Å². The van der Waals surface area contributed by atoms with Crippen molar-refractivity contribution in [3.05, 3.63) is 95.0 Å². The van der Waals surface area contributed by atoms with Gasteiger partial charge in [-0.05, 0) is 42.0 Å². The van der Waals surface area contributed by atoms with Crippen molar-refractivity contribution < 1.29 is 23.5 Å². The Morgan fingerprint density at radius 2 is 1.79 bits per heavy atom. The van der Waals surface area contributed by atoms with Crippen molar-refractivity contribution in [2.45, 2.75) is 45.6 Å². The third-order valence-electron chi connectivity index (χ3n) is 7.71. The van der Waals surface area contributed by atoms with E-state index in [1.807, 2.05) is 24.3 Å². The SMILES string of the molecule is C=CCN1C(=O)NC(c2ccc(C(C)(C)C)cc2)C(C(=O)OCC)=C1CN1CCCN(C(=O)c2ccccc2F)CC1. The van der Waals surface area contributed by atoms with Crippen LogP contribution in [0.25, 0.3) is 0 Å². The van der Waals surface area contributed by atoms with E-state index in [2.05, 4.69) is 37.6 Å². The summed E-state index contributed by atoms with van der Waals surface area (Å²) in [4.78, 5) is 45.4. The van der Waals surface area contributed by atoms with Gasteiger partial charge in [-0.3, -0.25) is 14.6 Å². The molecule has 0 spiro atoms. The van der Waals surface area contributed by atoms with Crippen molar-refractivity contribution in [1.29, 1.82) is 0 Å². The molecule has 3 amide bonds. The number of halogens is 1. The Morgan fingerprint density at radius 1 is 1.07 bits per heavy atom. The van der Waals surface area contributed by atoms with Crippen LogP contribution in [0.1, 0.15) is 61.6 Å². The first kappa shape index (κ1) is 31.0. The van der Waals surface area contributed by atoms with Crippen LogP contribution < -0.4 is 5.32 Å². The number of nitrogens with one attached hydrogen (secondary N) is 1. The van der Waals surface area contributed by atoms with Crippen LogP contribution in [-0.4, -0.2) is 78.5 Å². The van der Waals surface area contributed by atoms with Gasteiger partial charge in [0.1, 0.15) is 5.82 Å². The van der Waals surface area contributed by atoms with Gasteiger partial charge in [-0.2, -0.15) is 0 Å². The Morgan fingerprint density at radius 3 is 2.43 bits per heavy atom. The van der Waals surface area contributed by atoms with Crippen LogP contribution in [0.2, 0.25) is 0 Å². The van der Waals surface area contributed by atoms with Crippen LogP contribution in [0.15, 0.2) is 72.5 Å². The molecule has 2 aromatic carbocycles. The number of nitrogens with zero attached hydrogens (tertiary/aromatic N) is 3. The summed E-state index contributed by atoms with van der Waals surface area (Å²) in [6.45, 7) is 14.7. The molecular weight excluding hydrogens is 535 g/mol. The smallest absolute Gasteiger partial charge is 0.338 e. The molecule has 0 saturated carbocycles. The average Bonchev–Trinajstić information content (AvgIpc) is 3.20. The fourth-order valence-corrected chi connectivity index (χ4v) is 5.42. The number of benzene rings is 2. The van der Waals surface area contributed by atoms with Gasteiger partial charge in [0.05, 0.1) is 23.8 Å². The van der Waals surface area contributed by atoms with Crippen molar-refractivity contribution in [2.24, 2.45) is 0 Å². The van der Waals surface area contributed by atoms with Gasteiger partial charge in [0, 0.05) is 45.0 Å². The summed E-state index contributed by atoms with van der Waals surface area (Å²) in [5.74, 6) is -1.37. The second-order valence-electron chi connectivity index (χ2n) is 11.6. The first-order valence-electron chi connectivity index (χ1n) is 14.5. The number of ether oxygens (including phenoxy) is 1. The highest BCUT2D eigenvalue weighted by molar-refractivity contribution is 5.95. The Labute approximate surface area is 247 Å². The predicted octanol–water partition coefficient (Wildman–Crippen LogP) is 5.04. The molecule has 1 atom stereocenters. The van der Waals surface area contributed by atoms with Crippen LogP contribution in [0.4, 0.5) is 9.18 Å². The van der Waals surface area contributed by atoms with Crippen LogP contribution >= 0.6 is 0 Å². The van der Waals surface area contributed by atoms with Gasteiger partial charge in [-0.15, -0.1) is 6.58 Å². The van der Waals surface area contributed by atoms with Gasteiger partial charge in [0.25, 0.3) is 5.91 Å². The van der Waals surface area contributed by atoms with Crippen molar-refractivity contribution in [1.82, 2.24) is 20.0 Å². The molecule has 1 N–H and O–H groups in total. The zero-order chi connectivity index (χ0) is 30.4. The topological polar surface area (TPSA) is 82.2 Å². The molecule has 2 aromatic rings. The third-order valence-corrected chi connectivity index (χ3v) is 7.71. The maximum atomic E-state index is 14.3. The molecule has 1 saturated heterocycles. The molecular formula is C33H41FN4O4. The first-order chi connectivity index (χ1) is 20.0.